The van der Waals surface area contributed by atoms with Gasteiger partial charge in [0.1, 0.15) is 17.2 Å². The SMILES string of the molecule is O=C(Nc1ccc(SCC(=O)N2CCc3ccccc32)cc1)C(=Cc1ccc(-c2ccccc2)o1)NC(=O)c1ccccc1. The summed E-state index contributed by atoms with van der Waals surface area (Å²) in [5, 5.41) is 5.59. The molecule has 7 nitrogen and oxygen atoms in total. The fourth-order valence-corrected chi connectivity index (χ4v) is 5.70. The number of hydrogen-bond acceptors (Lipinski definition) is 5. The second kappa shape index (κ2) is 13.3. The Bertz CT molecular complexity index is 1820. The van der Waals surface area contributed by atoms with Crippen LogP contribution in [0.1, 0.15) is 21.7 Å². The topological polar surface area (TPSA) is 91.7 Å². The zero-order valence-electron chi connectivity index (χ0n) is 23.7. The number of thioether (sulfide) groups is 1. The fraction of sp³-hybridized carbons (Fsp3) is 0.0833. The molecule has 0 atom stereocenters. The van der Waals surface area contributed by atoms with Crippen molar-refractivity contribution < 1.29 is 18.8 Å². The molecule has 6 rings (SSSR count). The number of amides is 3. The Labute approximate surface area is 259 Å². The minimum Gasteiger partial charge on any atom is -0.457 e. The van der Waals surface area contributed by atoms with Gasteiger partial charge in [0.05, 0.1) is 5.75 Å². The highest BCUT2D eigenvalue weighted by atomic mass is 32.2. The summed E-state index contributed by atoms with van der Waals surface area (Å²) in [4.78, 5) is 42.0. The molecule has 218 valence electrons. The molecule has 0 unspecified atom stereocenters. The first-order valence-electron chi connectivity index (χ1n) is 14.2. The van der Waals surface area contributed by atoms with E-state index in [1.807, 2.05) is 77.7 Å². The highest BCUT2D eigenvalue weighted by Crippen LogP contribution is 2.29. The molecule has 2 N–H and O–H groups in total. The van der Waals surface area contributed by atoms with Crippen LogP contribution in [-0.2, 0) is 16.0 Å². The van der Waals surface area contributed by atoms with Crippen LogP contribution in [0, 0.1) is 0 Å². The fourth-order valence-electron chi connectivity index (χ4n) is 4.93. The van der Waals surface area contributed by atoms with Crippen molar-refractivity contribution in [1.82, 2.24) is 5.32 Å². The van der Waals surface area contributed by atoms with Crippen LogP contribution in [0.25, 0.3) is 17.4 Å². The van der Waals surface area contributed by atoms with Gasteiger partial charge in [0, 0.05) is 40.0 Å². The number of hydrogen-bond donors (Lipinski definition) is 2. The molecule has 0 aliphatic carbocycles. The largest absolute Gasteiger partial charge is 0.457 e. The number of nitrogens with zero attached hydrogens (tertiary/aromatic N) is 1. The van der Waals surface area contributed by atoms with E-state index in [1.165, 1.54) is 23.4 Å². The highest BCUT2D eigenvalue weighted by Gasteiger charge is 2.24. The van der Waals surface area contributed by atoms with E-state index in [9.17, 15) is 14.4 Å². The minimum absolute atomic E-state index is 0.0303. The summed E-state index contributed by atoms with van der Waals surface area (Å²) in [6, 6.07) is 37.1. The predicted molar refractivity (Wildman–Crippen MR) is 174 cm³/mol. The zero-order valence-corrected chi connectivity index (χ0v) is 24.6. The summed E-state index contributed by atoms with van der Waals surface area (Å²) in [6.07, 6.45) is 2.38. The maximum absolute atomic E-state index is 13.4. The van der Waals surface area contributed by atoms with Crippen LogP contribution in [-0.4, -0.2) is 30.0 Å². The number of para-hydroxylation sites is 1. The van der Waals surface area contributed by atoms with E-state index in [4.69, 9.17) is 4.42 Å². The van der Waals surface area contributed by atoms with E-state index >= 15 is 0 Å². The minimum atomic E-state index is -0.504. The predicted octanol–water partition coefficient (Wildman–Crippen LogP) is 7.04. The molecule has 0 saturated heterocycles. The van der Waals surface area contributed by atoms with Gasteiger partial charge in [0.2, 0.25) is 5.91 Å². The average Bonchev–Trinajstić information content (AvgIpc) is 3.72. The lowest BCUT2D eigenvalue weighted by Gasteiger charge is -2.17. The van der Waals surface area contributed by atoms with E-state index in [0.29, 0.717) is 35.1 Å². The molecular formula is C36H29N3O4S. The van der Waals surface area contributed by atoms with Crippen molar-refractivity contribution in [1.29, 1.82) is 0 Å². The third kappa shape index (κ3) is 6.82. The molecule has 0 saturated carbocycles. The van der Waals surface area contributed by atoms with Gasteiger partial charge in [-0.3, -0.25) is 14.4 Å². The molecule has 1 aliphatic rings. The monoisotopic (exact) mass is 599 g/mol. The molecule has 0 spiro atoms. The van der Waals surface area contributed by atoms with E-state index in [1.54, 1.807) is 42.5 Å². The first-order chi connectivity index (χ1) is 21.5. The Kier molecular flexibility index (Phi) is 8.70. The lowest BCUT2D eigenvalue weighted by molar-refractivity contribution is -0.116. The van der Waals surface area contributed by atoms with Gasteiger partial charge < -0.3 is 20.0 Å². The van der Waals surface area contributed by atoms with Gasteiger partial charge in [-0.15, -0.1) is 11.8 Å². The summed E-state index contributed by atoms with van der Waals surface area (Å²) >= 11 is 1.45. The Balaban J connectivity index is 1.13. The van der Waals surface area contributed by atoms with Gasteiger partial charge >= 0.3 is 0 Å². The van der Waals surface area contributed by atoms with Crippen molar-refractivity contribution in [2.75, 3.05) is 22.5 Å². The summed E-state index contributed by atoms with van der Waals surface area (Å²) in [5.41, 5.74) is 4.08. The number of benzene rings is 4. The number of carbonyl (C=O) groups excluding carboxylic acids is 3. The van der Waals surface area contributed by atoms with Crippen molar-refractivity contribution in [2.24, 2.45) is 0 Å². The Morgan fingerprint density at radius 3 is 2.27 bits per heavy atom. The number of rotatable bonds is 9. The Morgan fingerprint density at radius 1 is 0.795 bits per heavy atom. The number of carbonyl (C=O) groups is 3. The summed E-state index contributed by atoms with van der Waals surface area (Å²) in [7, 11) is 0. The molecule has 2 heterocycles. The summed E-state index contributed by atoms with van der Waals surface area (Å²) in [5.74, 6) is 0.515. The number of furan rings is 1. The van der Waals surface area contributed by atoms with Crippen LogP contribution in [0.5, 0.6) is 0 Å². The Morgan fingerprint density at radius 2 is 1.50 bits per heavy atom. The average molecular weight is 600 g/mol. The van der Waals surface area contributed by atoms with Crippen molar-refractivity contribution in [3.05, 3.63) is 144 Å². The van der Waals surface area contributed by atoms with Gasteiger partial charge in [0.15, 0.2) is 0 Å². The van der Waals surface area contributed by atoms with E-state index in [0.717, 1.165) is 22.6 Å². The van der Waals surface area contributed by atoms with E-state index in [-0.39, 0.29) is 11.6 Å². The van der Waals surface area contributed by atoms with E-state index < -0.39 is 11.8 Å². The van der Waals surface area contributed by atoms with Crippen LogP contribution in [0.4, 0.5) is 11.4 Å². The van der Waals surface area contributed by atoms with Gasteiger partial charge in [-0.05, 0) is 66.6 Å². The third-order valence-electron chi connectivity index (χ3n) is 7.16. The van der Waals surface area contributed by atoms with Crippen LogP contribution in [0.2, 0.25) is 0 Å². The molecule has 44 heavy (non-hydrogen) atoms. The molecule has 0 fully saturated rings. The van der Waals surface area contributed by atoms with Crippen molar-refractivity contribution in [3.63, 3.8) is 0 Å². The lowest BCUT2D eigenvalue weighted by atomic mass is 10.2. The molecular weight excluding hydrogens is 570 g/mol. The van der Waals surface area contributed by atoms with Gasteiger partial charge in [-0.1, -0.05) is 66.7 Å². The quantitative estimate of drug-likeness (QED) is 0.140. The standard InChI is InChI=1S/C36H29N3O4S/c40-34(39-22-21-25-9-7-8-14-32(25)39)24-44-30-18-15-28(16-19-30)37-36(42)31(38-35(41)27-12-5-2-6-13-27)23-29-17-20-33(43-29)26-10-3-1-4-11-26/h1-20,23H,21-22,24H2,(H,37,42)(H,38,41). The summed E-state index contributed by atoms with van der Waals surface area (Å²) < 4.78 is 5.96. The van der Waals surface area contributed by atoms with Gasteiger partial charge in [-0.25, -0.2) is 0 Å². The van der Waals surface area contributed by atoms with Crippen LogP contribution < -0.4 is 15.5 Å². The van der Waals surface area contributed by atoms with Crippen molar-refractivity contribution >= 4 is 46.9 Å². The normalized spacial score (nSPS) is 12.5. The first-order valence-corrected chi connectivity index (χ1v) is 15.2. The smallest absolute Gasteiger partial charge is 0.272 e. The molecule has 1 aliphatic heterocycles. The van der Waals surface area contributed by atoms with Gasteiger partial charge in [0.25, 0.3) is 11.8 Å². The lowest BCUT2D eigenvalue weighted by Crippen LogP contribution is -2.30. The molecule has 4 aromatic carbocycles. The number of nitrogens with one attached hydrogen (secondary N) is 2. The first kappa shape index (κ1) is 28.8. The number of fused-ring (bicyclic) bond motifs is 1. The van der Waals surface area contributed by atoms with E-state index in [2.05, 4.69) is 16.7 Å². The molecule has 0 radical (unpaired) electrons. The molecule has 5 aromatic rings. The van der Waals surface area contributed by atoms with Gasteiger partial charge in [-0.2, -0.15) is 0 Å². The second-order valence-corrected chi connectivity index (χ2v) is 11.2. The molecule has 0 bridgehead atoms. The zero-order chi connectivity index (χ0) is 30.3. The maximum atomic E-state index is 13.4. The molecule has 8 heteroatoms. The van der Waals surface area contributed by atoms with Crippen molar-refractivity contribution in [2.45, 2.75) is 11.3 Å². The second-order valence-electron chi connectivity index (χ2n) is 10.1. The van der Waals surface area contributed by atoms with Crippen molar-refractivity contribution in [3.8, 4) is 11.3 Å². The van der Waals surface area contributed by atoms with Crippen LogP contribution >= 0.6 is 11.8 Å². The maximum Gasteiger partial charge on any atom is 0.272 e. The summed E-state index contributed by atoms with van der Waals surface area (Å²) in [6.45, 7) is 0.700. The third-order valence-corrected chi connectivity index (χ3v) is 8.16. The molecule has 1 aromatic heterocycles. The van der Waals surface area contributed by atoms with Crippen LogP contribution in [0.15, 0.2) is 136 Å². The number of anilines is 2. The van der Waals surface area contributed by atoms with Crippen LogP contribution in [0.3, 0.4) is 0 Å². The highest BCUT2D eigenvalue weighted by molar-refractivity contribution is 8.00. The Hall–Kier alpha value is -5.34. The molecule has 3 amide bonds.